The molecule has 25 heavy (non-hydrogen) atoms. The third kappa shape index (κ3) is 6.30. The molecule has 2 aromatic carbocycles. The van der Waals surface area contributed by atoms with Crippen molar-refractivity contribution in [1.82, 2.24) is 0 Å². The molecule has 2 aromatic rings. The van der Waals surface area contributed by atoms with Gasteiger partial charge in [0.15, 0.2) is 0 Å². The summed E-state index contributed by atoms with van der Waals surface area (Å²) >= 11 is 0. The van der Waals surface area contributed by atoms with E-state index in [4.69, 9.17) is 4.74 Å². The average molecular weight is 348 g/mol. The minimum Gasteiger partial charge on any atom is -0.494 e. The number of hydrogen-bond acceptors (Lipinski definition) is 2. The maximum Gasteiger partial charge on any atom is 1.00 e. The van der Waals surface area contributed by atoms with E-state index < -0.39 is 0 Å². The monoisotopic (exact) mass is 348 g/mol. The molecule has 0 bridgehead atoms. The molecule has 0 saturated carbocycles. The van der Waals surface area contributed by atoms with Gasteiger partial charge >= 0.3 is 18.9 Å². The summed E-state index contributed by atoms with van der Waals surface area (Å²) in [7, 11) is 0.725. The van der Waals surface area contributed by atoms with Gasteiger partial charge in [-0.1, -0.05) is 49.6 Å². The van der Waals surface area contributed by atoms with Crippen molar-refractivity contribution >= 4 is 19.4 Å². The zero-order valence-electron chi connectivity index (χ0n) is 16.1. The van der Waals surface area contributed by atoms with Gasteiger partial charge in [-0.05, 0) is 56.0 Å². The second kappa shape index (κ2) is 10.8. The molecule has 0 saturated heterocycles. The topological polar surface area (TPSA) is 26.3 Å². The first kappa shape index (κ1) is 22.0. The summed E-state index contributed by atoms with van der Waals surface area (Å²) in [5, 5.41) is 1.04. The summed E-state index contributed by atoms with van der Waals surface area (Å²) in [5.74, 6) is 0.891. The Balaban J connectivity index is 0.00000312. The van der Waals surface area contributed by atoms with Gasteiger partial charge in [0, 0.05) is 5.52 Å². The average Bonchev–Trinajstić information content (AvgIpc) is 2.54. The first-order valence-electron chi connectivity index (χ1n) is 8.58. The van der Waals surface area contributed by atoms with Gasteiger partial charge in [0.25, 0.3) is 0 Å². The normalized spacial score (nSPS) is 10.7. The first-order valence-corrected chi connectivity index (χ1v) is 9.48. The summed E-state index contributed by atoms with van der Waals surface area (Å²) in [6.45, 7) is 8.97. The van der Waals surface area contributed by atoms with Crippen LogP contribution in [0.4, 0.5) is 0 Å². The zero-order valence-corrected chi connectivity index (χ0v) is 17.0. The van der Waals surface area contributed by atoms with Gasteiger partial charge in [0.1, 0.15) is 5.75 Å². The minimum atomic E-state index is 0. The fraction of sp³-hybridized carbons (Fsp3) is 0.381. The fourth-order valence-corrected chi connectivity index (χ4v) is 3.78. The fourth-order valence-electron chi connectivity index (χ4n) is 2.70. The van der Waals surface area contributed by atoms with Crippen LogP contribution < -0.4 is 28.9 Å². The quantitative estimate of drug-likeness (QED) is 0.416. The van der Waals surface area contributed by atoms with Gasteiger partial charge in [0.05, 0.1) is 6.61 Å². The molecule has 0 N–H and O–H groups in total. The van der Waals surface area contributed by atoms with Gasteiger partial charge in [-0.2, -0.15) is 5.30 Å². The van der Waals surface area contributed by atoms with E-state index in [0.29, 0.717) is 0 Å². The number of ether oxygens (including phenoxy) is 1. The molecule has 0 atom stereocenters. The Morgan fingerprint density at radius 3 is 2.28 bits per heavy atom. The molecule has 0 aliphatic heterocycles. The Labute approximate surface area is 165 Å². The summed E-state index contributed by atoms with van der Waals surface area (Å²) in [6, 6.07) is 12.0. The third-order valence-corrected chi connectivity index (χ3v) is 5.27. The number of carbonyl (C=O) groups is 1. The van der Waals surface area contributed by atoms with Gasteiger partial charge in [-0.3, -0.25) is 0 Å². The van der Waals surface area contributed by atoms with E-state index in [0.717, 1.165) is 54.9 Å². The van der Waals surface area contributed by atoms with Crippen LogP contribution in [0.2, 0.25) is 0 Å². The zero-order chi connectivity index (χ0) is 17.5. The van der Waals surface area contributed by atoms with E-state index in [1.165, 1.54) is 12.8 Å². The van der Waals surface area contributed by atoms with Crippen LogP contribution in [0, 0.1) is 20.8 Å². The van der Waals surface area contributed by atoms with Crippen LogP contribution in [0.15, 0.2) is 36.4 Å². The van der Waals surface area contributed by atoms with Crippen molar-refractivity contribution in [2.45, 2.75) is 47.0 Å². The van der Waals surface area contributed by atoms with Crippen LogP contribution in [0.5, 0.6) is 5.75 Å². The number of aryl methyl sites for hydroxylation is 3. The molecule has 0 aromatic heterocycles. The summed E-state index contributed by atoms with van der Waals surface area (Å²) in [4.78, 5) is 12.7. The maximum absolute atomic E-state index is 12.7. The van der Waals surface area contributed by atoms with Crippen molar-refractivity contribution in [2.75, 3.05) is 6.61 Å². The Kier molecular flexibility index (Phi) is 9.51. The van der Waals surface area contributed by atoms with Gasteiger partial charge in [0.2, 0.25) is 0 Å². The predicted molar refractivity (Wildman–Crippen MR) is 103 cm³/mol. The number of carbonyl (C=O) groups excluding carboxylic acids is 1. The Hall–Kier alpha value is -1.06. The summed E-state index contributed by atoms with van der Waals surface area (Å²) in [6.07, 6.45) is 3.47. The van der Waals surface area contributed by atoms with Crippen molar-refractivity contribution in [1.29, 1.82) is 0 Å². The molecule has 2 rings (SSSR count). The molecule has 0 unspecified atom stereocenters. The van der Waals surface area contributed by atoms with E-state index in [9.17, 15) is 4.79 Å². The maximum atomic E-state index is 12.7. The van der Waals surface area contributed by atoms with Crippen LogP contribution in [0.25, 0.3) is 0 Å². The Morgan fingerprint density at radius 1 is 1.00 bits per heavy atom. The van der Waals surface area contributed by atoms with Crippen LogP contribution in [0.3, 0.4) is 0 Å². The van der Waals surface area contributed by atoms with Crippen LogP contribution in [-0.4, -0.2) is 12.1 Å². The molecule has 2 nitrogen and oxygen atoms in total. The van der Waals surface area contributed by atoms with Crippen molar-refractivity contribution in [3.63, 3.8) is 0 Å². The van der Waals surface area contributed by atoms with E-state index in [2.05, 4.69) is 6.92 Å². The molecule has 0 aliphatic carbocycles. The standard InChI is InChI=1S/C21H26O2P.Li/c1-5-6-7-13-23-18-11-12-19(17(4)14-18)24-21(22)20-15(2)9-8-10-16(20)3;/h8-12,14H,5-7,13H2,1-4H3;/q-1;+1. The van der Waals surface area contributed by atoms with E-state index in [-0.39, 0.29) is 24.4 Å². The molecule has 0 heterocycles. The molecule has 0 fully saturated rings. The molecule has 0 radical (unpaired) electrons. The SMILES string of the molecule is CCCCCOc1ccc([P-]C(=O)c2c(C)cccc2C)c(C)c1.[Li+]. The molecular weight excluding hydrogens is 322 g/mol. The molecule has 0 aliphatic rings. The van der Waals surface area contributed by atoms with Gasteiger partial charge in [-0.25, -0.2) is 0 Å². The van der Waals surface area contributed by atoms with Crippen LogP contribution in [0.1, 0.15) is 53.2 Å². The molecular formula is C21H26LiO2P. The predicted octanol–water partition coefficient (Wildman–Crippen LogP) is 2.60. The number of rotatable bonds is 8. The van der Waals surface area contributed by atoms with Crippen molar-refractivity contribution in [3.05, 3.63) is 58.7 Å². The smallest absolute Gasteiger partial charge is 0.494 e. The first-order chi connectivity index (χ1) is 11.5. The molecule has 0 amide bonds. The Bertz CT molecular complexity index is 693. The van der Waals surface area contributed by atoms with Crippen LogP contribution in [-0.2, 0) is 0 Å². The van der Waals surface area contributed by atoms with E-state index >= 15 is 0 Å². The third-order valence-electron chi connectivity index (χ3n) is 4.10. The molecule has 0 spiro atoms. The molecule has 128 valence electrons. The number of benzene rings is 2. The van der Waals surface area contributed by atoms with Crippen molar-refractivity contribution in [2.24, 2.45) is 0 Å². The second-order valence-corrected chi connectivity index (χ2v) is 7.30. The van der Waals surface area contributed by atoms with Gasteiger partial charge < -0.3 is 18.1 Å². The van der Waals surface area contributed by atoms with Gasteiger partial charge in [-0.15, -0.1) is 0 Å². The minimum absolute atomic E-state index is 0. The van der Waals surface area contributed by atoms with Crippen molar-refractivity contribution < 1.29 is 28.4 Å². The largest absolute Gasteiger partial charge is 1.00 e. The van der Waals surface area contributed by atoms with E-state index in [1.807, 2.05) is 57.2 Å². The van der Waals surface area contributed by atoms with E-state index in [1.54, 1.807) is 0 Å². The number of unbranched alkanes of at least 4 members (excludes halogenated alkanes) is 2. The number of hydrogen-bond donors (Lipinski definition) is 0. The summed E-state index contributed by atoms with van der Waals surface area (Å²) in [5.41, 5.74) is 4.19. The molecule has 4 heteroatoms. The second-order valence-electron chi connectivity index (χ2n) is 6.19. The van der Waals surface area contributed by atoms with Crippen LogP contribution >= 0.6 is 8.58 Å². The Morgan fingerprint density at radius 2 is 1.68 bits per heavy atom. The summed E-state index contributed by atoms with van der Waals surface area (Å²) < 4.78 is 5.78. The van der Waals surface area contributed by atoms with Crippen molar-refractivity contribution in [3.8, 4) is 5.75 Å².